The van der Waals surface area contributed by atoms with E-state index in [1.807, 2.05) is 0 Å². The molecule has 0 spiro atoms. The van der Waals surface area contributed by atoms with Gasteiger partial charge in [-0.15, -0.1) is 0 Å². The number of aromatic hydroxyl groups is 1. The van der Waals surface area contributed by atoms with Crippen LogP contribution in [0.15, 0.2) is 18.2 Å². The molecule has 0 heterocycles. The van der Waals surface area contributed by atoms with E-state index in [0.29, 0.717) is 12.4 Å². The van der Waals surface area contributed by atoms with Crippen molar-refractivity contribution in [3.63, 3.8) is 0 Å². The van der Waals surface area contributed by atoms with Gasteiger partial charge in [0.05, 0.1) is 6.61 Å². The van der Waals surface area contributed by atoms with Gasteiger partial charge in [0.2, 0.25) is 0 Å². The SMILES string of the molecule is O=C(O)c1ccc(OCCCSSS)cc1O. The van der Waals surface area contributed by atoms with Crippen LogP contribution in [0, 0.1) is 0 Å². The number of phenols is 1. The quantitative estimate of drug-likeness (QED) is 0.408. The summed E-state index contributed by atoms with van der Waals surface area (Å²) in [7, 11) is 3.03. The second kappa shape index (κ2) is 7.62. The molecule has 0 saturated heterocycles. The Bertz CT molecular complexity index is 384. The number of benzene rings is 1. The van der Waals surface area contributed by atoms with Crippen LogP contribution in [0.25, 0.3) is 0 Å². The second-order valence-corrected chi connectivity index (χ2v) is 6.37. The predicted molar refractivity (Wildman–Crippen MR) is 74.2 cm³/mol. The molecule has 1 rings (SSSR count). The van der Waals surface area contributed by atoms with Gasteiger partial charge in [-0.2, -0.15) is 0 Å². The lowest BCUT2D eigenvalue weighted by Crippen LogP contribution is -2.00. The summed E-state index contributed by atoms with van der Waals surface area (Å²) in [5.74, 6) is -0.0459. The fraction of sp³-hybridized carbons (Fsp3) is 0.300. The van der Waals surface area contributed by atoms with Crippen LogP contribution in [0.4, 0.5) is 0 Å². The maximum absolute atomic E-state index is 10.7. The van der Waals surface area contributed by atoms with Crippen molar-refractivity contribution in [2.45, 2.75) is 6.42 Å². The highest BCUT2D eigenvalue weighted by Crippen LogP contribution is 2.26. The fourth-order valence-corrected chi connectivity index (χ4v) is 2.69. The van der Waals surface area contributed by atoms with Crippen LogP contribution in [0.2, 0.25) is 0 Å². The summed E-state index contributed by atoms with van der Waals surface area (Å²) in [6, 6.07) is 4.17. The van der Waals surface area contributed by atoms with Gasteiger partial charge in [0, 0.05) is 11.8 Å². The first-order chi connectivity index (χ1) is 8.15. The van der Waals surface area contributed by atoms with Crippen molar-refractivity contribution in [2.24, 2.45) is 0 Å². The zero-order valence-electron chi connectivity index (χ0n) is 8.83. The number of aromatic carboxylic acids is 1. The topological polar surface area (TPSA) is 66.8 Å². The number of carbonyl (C=O) groups is 1. The van der Waals surface area contributed by atoms with Crippen LogP contribution in [0.5, 0.6) is 11.5 Å². The van der Waals surface area contributed by atoms with Crippen molar-refractivity contribution in [2.75, 3.05) is 12.4 Å². The number of thiol groups is 1. The average molecular weight is 292 g/mol. The Hall–Kier alpha value is -0.660. The van der Waals surface area contributed by atoms with Crippen LogP contribution in [0.3, 0.4) is 0 Å². The van der Waals surface area contributed by atoms with Crippen LogP contribution in [-0.2, 0) is 0 Å². The summed E-state index contributed by atoms with van der Waals surface area (Å²) in [6.07, 6.45) is 0.861. The standard InChI is InChI=1S/C10H12O4S3/c11-9-6-7(2-3-8(9)10(12)13)14-4-1-5-16-17-15/h2-3,6,11,15H,1,4-5H2,(H,12,13). The van der Waals surface area contributed by atoms with Crippen LogP contribution >= 0.6 is 32.3 Å². The number of ether oxygens (including phenoxy) is 1. The molecule has 1 aromatic carbocycles. The maximum atomic E-state index is 10.7. The summed E-state index contributed by atoms with van der Waals surface area (Å²) in [4.78, 5) is 10.7. The highest BCUT2D eigenvalue weighted by molar-refractivity contribution is 9.05. The molecular formula is C10H12O4S3. The molecule has 0 aliphatic heterocycles. The van der Waals surface area contributed by atoms with E-state index >= 15 is 0 Å². The maximum Gasteiger partial charge on any atom is 0.339 e. The highest BCUT2D eigenvalue weighted by atomic mass is 33.5. The zero-order valence-corrected chi connectivity index (χ0v) is 11.4. The number of hydrogen-bond acceptors (Lipinski definition) is 6. The molecule has 2 N–H and O–H groups in total. The Kier molecular flexibility index (Phi) is 6.46. The smallest absolute Gasteiger partial charge is 0.339 e. The van der Waals surface area contributed by atoms with Crippen molar-refractivity contribution in [3.05, 3.63) is 23.8 Å². The lowest BCUT2D eigenvalue weighted by atomic mass is 10.2. The van der Waals surface area contributed by atoms with E-state index in [1.165, 1.54) is 28.0 Å². The van der Waals surface area contributed by atoms with E-state index in [0.717, 1.165) is 12.2 Å². The monoisotopic (exact) mass is 292 g/mol. The minimum atomic E-state index is -1.16. The number of carboxylic acids is 1. The first-order valence-electron chi connectivity index (χ1n) is 4.77. The molecule has 0 bridgehead atoms. The van der Waals surface area contributed by atoms with Crippen LogP contribution in [-0.4, -0.2) is 28.5 Å². The third-order valence-electron chi connectivity index (χ3n) is 1.89. The highest BCUT2D eigenvalue weighted by Gasteiger charge is 2.09. The largest absolute Gasteiger partial charge is 0.507 e. The summed E-state index contributed by atoms with van der Waals surface area (Å²) in [5.41, 5.74) is -0.126. The molecule has 0 atom stereocenters. The molecular weight excluding hydrogens is 280 g/mol. The van der Waals surface area contributed by atoms with Gasteiger partial charge in [-0.05, 0) is 28.4 Å². The molecule has 0 unspecified atom stereocenters. The van der Waals surface area contributed by atoms with Gasteiger partial charge in [0.15, 0.2) is 0 Å². The molecule has 0 saturated carbocycles. The molecule has 0 fully saturated rings. The van der Waals surface area contributed by atoms with Gasteiger partial charge in [-0.1, -0.05) is 22.5 Å². The van der Waals surface area contributed by atoms with E-state index in [2.05, 4.69) is 11.7 Å². The Morgan fingerprint density at radius 2 is 2.24 bits per heavy atom. The Morgan fingerprint density at radius 3 is 2.82 bits per heavy atom. The summed E-state index contributed by atoms with van der Waals surface area (Å²) in [5, 5.41) is 18.1. The van der Waals surface area contributed by atoms with Crippen molar-refractivity contribution >= 4 is 38.2 Å². The number of rotatable bonds is 7. The molecule has 0 aliphatic carbocycles. The van der Waals surface area contributed by atoms with Gasteiger partial charge < -0.3 is 14.9 Å². The summed E-state index contributed by atoms with van der Waals surface area (Å²) < 4.78 is 5.37. The third kappa shape index (κ3) is 5.01. The second-order valence-electron chi connectivity index (χ2n) is 3.08. The van der Waals surface area contributed by atoms with E-state index in [4.69, 9.17) is 9.84 Å². The Morgan fingerprint density at radius 1 is 1.47 bits per heavy atom. The Labute approximate surface area is 112 Å². The molecule has 1 aromatic rings. The molecule has 0 aliphatic rings. The first kappa shape index (κ1) is 14.4. The zero-order chi connectivity index (χ0) is 12.7. The van der Waals surface area contributed by atoms with Crippen molar-refractivity contribution in [3.8, 4) is 11.5 Å². The lowest BCUT2D eigenvalue weighted by Gasteiger charge is -2.07. The molecule has 0 amide bonds. The third-order valence-corrected chi connectivity index (χ3v) is 4.22. The van der Waals surface area contributed by atoms with Crippen molar-refractivity contribution < 1.29 is 19.7 Å². The number of hydrogen-bond donors (Lipinski definition) is 3. The molecule has 4 nitrogen and oxygen atoms in total. The summed E-state index contributed by atoms with van der Waals surface area (Å²) >= 11 is 3.99. The van der Waals surface area contributed by atoms with Crippen LogP contribution < -0.4 is 4.74 Å². The van der Waals surface area contributed by atoms with E-state index in [9.17, 15) is 9.90 Å². The van der Waals surface area contributed by atoms with Gasteiger partial charge >= 0.3 is 5.97 Å². The van der Waals surface area contributed by atoms with Gasteiger partial charge in [0.1, 0.15) is 17.1 Å². The van der Waals surface area contributed by atoms with Gasteiger partial charge in [-0.25, -0.2) is 4.79 Å². The molecule has 94 valence electrons. The predicted octanol–water partition coefficient (Wildman–Crippen LogP) is 3.09. The van der Waals surface area contributed by atoms with Gasteiger partial charge in [-0.3, -0.25) is 0 Å². The van der Waals surface area contributed by atoms with Gasteiger partial charge in [0.25, 0.3) is 0 Å². The fourth-order valence-electron chi connectivity index (χ4n) is 1.13. The van der Waals surface area contributed by atoms with Crippen LogP contribution in [0.1, 0.15) is 16.8 Å². The van der Waals surface area contributed by atoms with Crippen molar-refractivity contribution in [1.29, 1.82) is 0 Å². The summed E-state index contributed by atoms with van der Waals surface area (Å²) in [6.45, 7) is 0.521. The first-order valence-corrected chi connectivity index (χ1v) is 8.14. The lowest BCUT2D eigenvalue weighted by molar-refractivity contribution is 0.0693. The molecule has 7 heteroatoms. The van der Waals surface area contributed by atoms with E-state index < -0.39 is 5.97 Å². The number of carboxylic acid groups (broad SMARTS) is 1. The minimum absolute atomic E-state index is 0.126. The molecule has 17 heavy (non-hydrogen) atoms. The normalized spacial score (nSPS) is 10.2. The average Bonchev–Trinajstić information content (AvgIpc) is 2.28. The van der Waals surface area contributed by atoms with E-state index in [-0.39, 0.29) is 11.3 Å². The van der Waals surface area contributed by atoms with Crippen molar-refractivity contribution in [1.82, 2.24) is 0 Å². The Balaban J connectivity index is 2.45. The molecule has 0 aromatic heterocycles. The minimum Gasteiger partial charge on any atom is -0.507 e. The molecule has 0 radical (unpaired) electrons. The van der Waals surface area contributed by atoms with E-state index in [1.54, 1.807) is 10.8 Å².